The molecule has 1 atom stereocenters. The van der Waals surface area contributed by atoms with Crippen LogP contribution >= 0.6 is 0 Å². The number of guanidine groups is 1. The highest BCUT2D eigenvalue weighted by atomic mass is 16.5. The molecule has 6 heteroatoms. The second-order valence-corrected chi connectivity index (χ2v) is 7.24. The summed E-state index contributed by atoms with van der Waals surface area (Å²) in [5.74, 6) is 1.78. The summed E-state index contributed by atoms with van der Waals surface area (Å²) in [7, 11) is 0. The Balaban J connectivity index is 1.63. The Bertz CT molecular complexity index is 776. The number of benzene rings is 1. The van der Waals surface area contributed by atoms with E-state index in [1.54, 1.807) is 0 Å². The number of hydrogen-bond donors (Lipinski definition) is 2. The van der Waals surface area contributed by atoms with Crippen molar-refractivity contribution in [2.24, 2.45) is 4.99 Å². The maximum absolute atomic E-state index is 5.46. The predicted octanol–water partition coefficient (Wildman–Crippen LogP) is 3.31. The van der Waals surface area contributed by atoms with E-state index in [9.17, 15) is 0 Å². The maximum Gasteiger partial charge on any atom is 0.191 e. The SMILES string of the molecule is CCNC(=NCc1c(CC)noc1CC)NCC(C)N1CCc2ccccc21. The largest absolute Gasteiger partial charge is 0.366 e. The quantitative estimate of drug-likeness (QED) is 0.541. The maximum atomic E-state index is 5.46. The molecule has 0 spiro atoms. The summed E-state index contributed by atoms with van der Waals surface area (Å²) in [6.45, 7) is 11.9. The molecule has 3 rings (SSSR count). The van der Waals surface area contributed by atoms with Crippen molar-refractivity contribution in [1.82, 2.24) is 15.8 Å². The van der Waals surface area contributed by atoms with Crippen LogP contribution < -0.4 is 15.5 Å². The second kappa shape index (κ2) is 9.62. The van der Waals surface area contributed by atoms with Crippen molar-refractivity contribution in [3.05, 3.63) is 46.8 Å². The highest BCUT2D eigenvalue weighted by molar-refractivity contribution is 5.79. The van der Waals surface area contributed by atoms with Gasteiger partial charge in [0.05, 0.1) is 12.2 Å². The summed E-state index contributed by atoms with van der Waals surface area (Å²) in [6, 6.07) is 9.10. The zero-order valence-corrected chi connectivity index (χ0v) is 17.6. The van der Waals surface area contributed by atoms with E-state index in [-0.39, 0.29) is 0 Å². The first-order valence-electron chi connectivity index (χ1n) is 10.5. The molecule has 152 valence electrons. The zero-order chi connectivity index (χ0) is 19.9. The average molecular weight is 384 g/mol. The Kier molecular flexibility index (Phi) is 6.95. The number of nitrogens with zero attached hydrogens (tertiary/aromatic N) is 3. The van der Waals surface area contributed by atoms with Crippen LogP contribution in [0.1, 0.15) is 50.3 Å². The second-order valence-electron chi connectivity index (χ2n) is 7.24. The van der Waals surface area contributed by atoms with Gasteiger partial charge >= 0.3 is 0 Å². The molecule has 0 aliphatic carbocycles. The Morgan fingerprint density at radius 1 is 1.21 bits per heavy atom. The molecule has 0 amide bonds. The molecular formula is C22H33N5O. The molecule has 1 aromatic heterocycles. The van der Waals surface area contributed by atoms with E-state index in [1.807, 2.05) is 0 Å². The van der Waals surface area contributed by atoms with Crippen LogP contribution in [0.15, 0.2) is 33.8 Å². The van der Waals surface area contributed by atoms with Gasteiger partial charge in [0, 0.05) is 43.3 Å². The molecule has 1 aromatic carbocycles. The number of para-hydroxylation sites is 1. The molecule has 0 fully saturated rings. The van der Waals surface area contributed by atoms with E-state index in [0.29, 0.717) is 12.6 Å². The van der Waals surface area contributed by atoms with Gasteiger partial charge in [-0.3, -0.25) is 0 Å². The van der Waals surface area contributed by atoms with Gasteiger partial charge in [0.2, 0.25) is 0 Å². The van der Waals surface area contributed by atoms with Crippen LogP contribution in [0.5, 0.6) is 0 Å². The van der Waals surface area contributed by atoms with E-state index in [2.05, 4.69) is 72.7 Å². The van der Waals surface area contributed by atoms with Crippen LogP contribution in [0.25, 0.3) is 0 Å². The molecule has 0 radical (unpaired) electrons. The number of anilines is 1. The molecule has 2 aromatic rings. The number of rotatable bonds is 8. The fourth-order valence-electron chi connectivity index (χ4n) is 3.79. The van der Waals surface area contributed by atoms with Crippen molar-refractivity contribution in [1.29, 1.82) is 0 Å². The molecule has 2 heterocycles. The number of aryl methyl sites for hydroxylation is 2. The number of aliphatic imine (C=N–C) groups is 1. The molecule has 0 saturated heterocycles. The van der Waals surface area contributed by atoms with Gasteiger partial charge in [-0.15, -0.1) is 0 Å². The summed E-state index contributed by atoms with van der Waals surface area (Å²) >= 11 is 0. The first kappa shape index (κ1) is 20.2. The molecule has 1 aliphatic heterocycles. The Morgan fingerprint density at radius 2 is 2.04 bits per heavy atom. The summed E-state index contributed by atoms with van der Waals surface area (Å²) in [6.07, 6.45) is 2.83. The molecule has 0 saturated carbocycles. The fraction of sp³-hybridized carbons (Fsp3) is 0.545. The fourth-order valence-corrected chi connectivity index (χ4v) is 3.79. The van der Waals surface area contributed by atoms with Gasteiger partial charge in [0.25, 0.3) is 0 Å². The van der Waals surface area contributed by atoms with Crippen LogP contribution in [0.3, 0.4) is 0 Å². The summed E-state index contributed by atoms with van der Waals surface area (Å²) in [5, 5.41) is 11.1. The van der Waals surface area contributed by atoms with Gasteiger partial charge in [-0.25, -0.2) is 4.99 Å². The standard InChI is InChI=1S/C22H33N5O/c1-5-19-18(21(6-2)28-26-19)15-25-22(23-7-3)24-14-16(4)27-13-12-17-10-8-9-11-20(17)27/h8-11,16H,5-7,12-15H2,1-4H3,(H2,23,24,25). The van der Waals surface area contributed by atoms with Crippen molar-refractivity contribution < 1.29 is 4.52 Å². The highest BCUT2D eigenvalue weighted by Gasteiger charge is 2.23. The average Bonchev–Trinajstić information content (AvgIpc) is 3.33. The molecule has 1 unspecified atom stereocenters. The Labute approximate surface area is 168 Å². The lowest BCUT2D eigenvalue weighted by Crippen LogP contribution is -2.45. The van der Waals surface area contributed by atoms with E-state index in [4.69, 9.17) is 9.52 Å². The third kappa shape index (κ3) is 4.49. The Hall–Kier alpha value is -2.50. The minimum absolute atomic E-state index is 0.389. The lowest BCUT2D eigenvalue weighted by Gasteiger charge is -2.28. The van der Waals surface area contributed by atoms with Crippen LogP contribution in [-0.2, 0) is 25.8 Å². The van der Waals surface area contributed by atoms with Crippen LogP contribution in [0.2, 0.25) is 0 Å². The van der Waals surface area contributed by atoms with Gasteiger partial charge in [-0.05, 0) is 38.3 Å². The molecule has 1 aliphatic rings. The summed E-state index contributed by atoms with van der Waals surface area (Å²) in [5.41, 5.74) is 4.95. The lowest BCUT2D eigenvalue weighted by atomic mass is 10.1. The van der Waals surface area contributed by atoms with E-state index < -0.39 is 0 Å². The Morgan fingerprint density at radius 3 is 2.79 bits per heavy atom. The minimum atomic E-state index is 0.389. The topological polar surface area (TPSA) is 65.7 Å². The lowest BCUT2D eigenvalue weighted by molar-refractivity contribution is 0.380. The van der Waals surface area contributed by atoms with Gasteiger partial charge in [-0.2, -0.15) is 0 Å². The van der Waals surface area contributed by atoms with E-state index in [1.165, 1.54) is 11.3 Å². The number of fused-ring (bicyclic) bond motifs is 1. The van der Waals surface area contributed by atoms with Gasteiger partial charge in [-0.1, -0.05) is 37.2 Å². The predicted molar refractivity (Wildman–Crippen MR) is 115 cm³/mol. The van der Waals surface area contributed by atoms with Crippen molar-refractivity contribution in [2.75, 3.05) is 24.5 Å². The van der Waals surface area contributed by atoms with Crippen molar-refractivity contribution >= 4 is 11.6 Å². The van der Waals surface area contributed by atoms with Gasteiger partial charge in [0.15, 0.2) is 5.96 Å². The minimum Gasteiger partial charge on any atom is -0.366 e. The molecule has 2 N–H and O–H groups in total. The number of nitrogens with one attached hydrogen (secondary N) is 2. The van der Waals surface area contributed by atoms with E-state index >= 15 is 0 Å². The van der Waals surface area contributed by atoms with E-state index in [0.717, 1.165) is 61.9 Å². The number of aromatic nitrogens is 1. The normalized spacial score (nSPS) is 14.9. The highest BCUT2D eigenvalue weighted by Crippen LogP contribution is 2.28. The van der Waals surface area contributed by atoms with Crippen molar-refractivity contribution in [3.8, 4) is 0 Å². The summed E-state index contributed by atoms with van der Waals surface area (Å²) in [4.78, 5) is 7.27. The summed E-state index contributed by atoms with van der Waals surface area (Å²) < 4.78 is 5.46. The van der Waals surface area contributed by atoms with Gasteiger partial charge < -0.3 is 20.1 Å². The zero-order valence-electron chi connectivity index (χ0n) is 17.6. The van der Waals surface area contributed by atoms with Crippen molar-refractivity contribution in [2.45, 2.75) is 59.5 Å². The van der Waals surface area contributed by atoms with Crippen LogP contribution in [-0.4, -0.2) is 36.8 Å². The first-order chi connectivity index (χ1) is 13.7. The van der Waals surface area contributed by atoms with Crippen LogP contribution in [0, 0.1) is 0 Å². The first-order valence-corrected chi connectivity index (χ1v) is 10.5. The number of hydrogen-bond acceptors (Lipinski definition) is 4. The van der Waals surface area contributed by atoms with Crippen molar-refractivity contribution in [3.63, 3.8) is 0 Å². The molecule has 0 bridgehead atoms. The molecule has 6 nitrogen and oxygen atoms in total. The monoisotopic (exact) mass is 383 g/mol. The molecular weight excluding hydrogens is 350 g/mol. The smallest absolute Gasteiger partial charge is 0.191 e. The molecule has 28 heavy (non-hydrogen) atoms. The third-order valence-corrected chi connectivity index (χ3v) is 5.37. The van der Waals surface area contributed by atoms with Crippen LogP contribution in [0.4, 0.5) is 5.69 Å². The third-order valence-electron chi connectivity index (χ3n) is 5.37. The van der Waals surface area contributed by atoms with Gasteiger partial charge in [0.1, 0.15) is 5.76 Å².